The minimum absolute atomic E-state index is 0.737. The first-order valence-electron chi connectivity index (χ1n) is 2.87. The molecular formula is C6H5N4. The molecule has 0 aliphatic rings. The molecule has 0 aliphatic heterocycles. The molecule has 2 heterocycles. The lowest BCUT2D eigenvalue weighted by molar-refractivity contribution is 1.25. The van der Waals surface area contributed by atoms with Gasteiger partial charge in [0.05, 0.1) is 6.33 Å². The molecule has 0 amide bonds. The van der Waals surface area contributed by atoms with Crippen molar-refractivity contribution in [3.8, 4) is 11.5 Å². The summed E-state index contributed by atoms with van der Waals surface area (Å²) >= 11 is 0. The van der Waals surface area contributed by atoms with Crippen LogP contribution in [0.15, 0.2) is 18.7 Å². The number of nitrogens with one attached hydrogen (secondary N) is 2. The largest absolute Gasteiger partial charge is 0.350 e. The third kappa shape index (κ3) is 0.699. The molecule has 2 rings (SSSR count). The molecule has 49 valence electrons. The average Bonchev–Trinajstić information content (AvgIpc) is 2.59. The van der Waals surface area contributed by atoms with Crippen molar-refractivity contribution in [2.75, 3.05) is 0 Å². The maximum Gasteiger partial charge on any atom is 0.158 e. The molecule has 0 saturated heterocycles. The van der Waals surface area contributed by atoms with Crippen LogP contribution in [0.25, 0.3) is 11.5 Å². The van der Waals surface area contributed by atoms with Gasteiger partial charge in [-0.3, -0.25) is 0 Å². The highest BCUT2D eigenvalue weighted by Gasteiger charge is 1.98. The summed E-state index contributed by atoms with van der Waals surface area (Å²) in [4.78, 5) is 13.6. The first kappa shape index (κ1) is 5.22. The maximum absolute atomic E-state index is 3.99. The molecule has 0 bridgehead atoms. The van der Waals surface area contributed by atoms with E-state index in [4.69, 9.17) is 0 Å². The molecule has 0 unspecified atom stereocenters. The van der Waals surface area contributed by atoms with Gasteiger partial charge in [-0.25, -0.2) is 9.97 Å². The first-order chi connectivity index (χ1) is 4.97. The minimum Gasteiger partial charge on any atom is -0.350 e. The van der Waals surface area contributed by atoms with E-state index in [0.717, 1.165) is 11.5 Å². The number of hydrogen-bond donors (Lipinski definition) is 2. The van der Waals surface area contributed by atoms with Crippen molar-refractivity contribution in [2.24, 2.45) is 0 Å². The highest BCUT2D eigenvalue weighted by molar-refractivity contribution is 5.46. The Kier molecular flexibility index (Phi) is 1.04. The van der Waals surface area contributed by atoms with Gasteiger partial charge in [0.2, 0.25) is 0 Å². The van der Waals surface area contributed by atoms with Crippen molar-refractivity contribution in [1.82, 2.24) is 19.9 Å². The first-order valence-corrected chi connectivity index (χ1v) is 2.87. The third-order valence-corrected chi connectivity index (χ3v) is 1.19. The minimum atomic E-state index is 0.737. The Morgan fingerprint density at radius 3 is 3.10 bits per heavy atom. The summed E-state index contributed by atoms with van der Waals surface area (Å²) in [5.74, 6) is 0.737. The van der Waals surface area contributed by atoms with E-state index in [1.165, 1.54) is 0 Å². The smallest absolute Gasteiger partial charge is 0.158 e. The lowest BCUT2D eigenvalue weighted by Crippen LogP contribution is -1.77. The quantitative estimate of drug-likeness (QED) is 0.598. The van der Waals surface area contributed by atoms with E-state index in [2.05, 4.69) is 26.1 Å². The second-order valence-corrected chi connectivity index (χ2v) is 1.83. The molecule has 0 spiro atoms. The van der Waals surface area contributed by atoms with Gasteiger partial charge in [-0.05, 0) is 0 Å². The summed E-state index contributed by atoms with van der Waals surface area (Å²) in [5, 5.41) is 0. The molecule has 4 nitrogen and oxygen atoms in total. The van der Waals surface area contributed by atoms with Crippen molar-refractivity contribution in [3.05, 3.63) is 24.9 Å². The predicted molar refractivity (Wildman–Crippen MR) is 35.0 cm³/mol. The lowest BCUT2D eigenvalue weighted by atomic mass is 10.5. The third-order valence-electron chi connectivity index (χ3n) is 1.19. The van der Waals surface area contributed by atoms with Gasteiger partial charge in [-0.15, -0.1) is 0 Å². The van der Waals surface area contributed by atoms with E-state index in [1.807, 2.05) is 0 Å². The second kappa shape index (κ2) is 1.98. The number of aromatic amines is 2. The van der Waals surface area contributed by atoms with Crippen molar-refractivity contribution < 1.29 is 0 Å². The molecule has 0 saturated carbocycles. The van der Waals surface area contributed by atoms with Gasteiger partial charge in [0.25, 0.3) is 0 Å². The fourth-order valence-corrected chi connectivity index (χ4v) is 0.751. The van der Waals surface area contributed by atoms with Gasteiger partial charge in [0.15, 0.2) is 5.82 Å². The highest BCUT2D eigenvalue weighted by Crippen LogP contribution is 2.06. The van der Waals surface area contributed by atoms with Crippen LogP contribution in [0, 0.1) is 6.20 Å². The van der Waals surface area contributed by atoms with E-state index >= 15 is 0 Å². The fraction of sp³-hybridized carbons (Fsp3) is 0. The van der Waals surface area contributed by atoms with Crippen LogP contribution >= 0.6 is 0 Å². The van der Waals surface area contributed by atoms with Crippen LogP contribution in [-0.4, -0.2) is 19.9 Å². The molecular weight excluding hydrogens is 128 g/mol. The van der Waals surface area contributed by atoms with Crippen molar-refractivity contribution in [1.29, 1.82) is 0 Å². The Balaban J connectivity index is 2.48. The van der Waals surface area contributed by atoms with Gasteiger partial charge >= 0.3 is 0 Å². The Labute approximate surface area is 57.3 Å². The normalized spacial score (nSPS) is 10.0. The van der Waals surface area contributed by atoms with Crippen LogP contribution < -0.4 is 0 Å². The van der Waals surface area contributed by atoms with Gasteiger partial charge in [-0.2, -0.15) is 0 Å². The molecule has 1 radical (unpaired) electrons. The molecule has 2 aromatic heterocycles. The van der Waals surface area contributed by atoms with Crippen LogP contribution in [0.4, 0.5) is 0 Å². The molecule has 0 fully saturated rings. The Bertz CT molecular complexity index is 249. The van der Waals surface area contributed by atoms with Crippen LogP contribution in [0.1, 0.15) is 0 Å². The summed E-state index contributed by atoms with van der Waals surface area (Å²) < 4.78 is 0. The highest BCUT2D eigenvalue weighted by atomic mass is 15.0. The monoisotopic (exact) mass is 133 g/mol. The van der Waals surface area contributed by atoms with E-state index in [-0.39, 0.29) is 0 Å². The van der Waals surface area contributed by atoms with E-state index in [9.17, 15) is 0 Å². The lowest BCUT2D eigenvalue weighted by Gasteiger charge is -1.83. The zero-order valence-corrected chi connectivity index (χ0v) is 5.13. The van der Waals surface area contributed by atoms with Crippen LogP contribution in [-0.2, 0) is 0 Å². The zero-order valence-electron chi connectivity index (χ0n) is 5.13. The summed E-state index contributed by atoms with van der Waals surface area (Å²) in [6.45, 7) is 0. The van der Waals surface area contributed by atoms with Crippen molar-refractivity contribution in [3.63, 3.8) is 0 Å². The number of nitrogens with zero attached hydrogens (tertiary/aromatic N) is 2. The summed E-state index contributed by atoms with van der Waals surface area (Å²) in [7, 11) is 0. The Morgan fingerprint density at radius 1 is 1.50 bits per heavy atom. The summed E-state index contributed by atoms with van der Waals surface area (Å²) in [6, 6.07) is 0. The van der Waals surface area contributed by atoms with Crippen molar-refractivity contribution >= 4 is 0 Å². The molecule has 4 heteroatoms. The second-order valence-electron chi connectivity index (χ2n) is 1.83. The number of hydrogen-bond acceptors (Lipinski definition) is 2. The summed E-state index contributed by atoms with van der Waals surface area (Å²) in [6.07, 6.45) is 7.68. The average molecular weight is 133 g/mol. The molecule has 0 aliphatic carbocycles. The van der Waals surface area contributed by atoms with E-state index in [1.54, 1.807) is 18.7 Å². The van der Waals surface area contributed by atoms with Gasteiger partial charge in [0, 0.05) is 12.4 Å². The van der Waals surface area contributed by atoms with E-state index < -0.39 is 0 Å². The molecule has 0 aromatic carbocycles. The number of rotatable bonds is 1. The SMILES string of the molecule is [c]1c[nH]c(-c2c[nH]cn2)n1. The molecule has 2 aromatic rings. The number of imidazole rings is 2. The standard InChI is InChI=1S/C6H5N4/c1-2-9-6(8-1)5-3-7-4-10-5/h1,3-4H,(H,7,10)(H,8,9). The van der Waals surface area contributed by atoms with Gasteiger partial charge in [0.1, 0.15) is 11.9 Å². The molecule has 0 atom stereocenters. The molecule has 10 heavy (non-hydrogen) atoms. The van der Waals surface area contributed by atoms with Gasteiger partial charge < -0.3 is 9.97 Å². The predicted octanol–water partition coefficient (Wildman–Crippen LogP) is 0.600. The van der Waals surface area contributed by atoms with Gasteiger partial charge in [-0.1, -0.05) is 0 Å². The Hall–Kier alpha value is -1.58. The zero-order chi connectivity index (χ0) is 6.81. The van der Waals surface area contributed by atoms with Crippen LogP contribution in [0.5, 0.6) is 0 Å². The maximum atomic E-state index is 3.99. The number of H-pyrrole nitrogens is 2. The molecule has 2 N–H and O–H groups in total. The van der Waals surface area contributed by atoms with E-state index in [0.29, 0.717) is 0 Å². The van der Waals surface area contributed by atoms with Crippen LogP contribution in [0.3, 0.4) is 0 Å². The Morgan fingerprint density at radius 2 is 2.50 bits per heavy atom. The van der Waals surface area contributed by atoms with Crippen molar-refractivity contribution in [2.45, 2.75) is 0 Å². The topological polar surface area (TPSA) is 57.4 Å². The fourth-order valence-electron chi connectivity index (χ4n) is 0.751. The van der Waals surface area contributed by atoms with Crippen LogP contribution in [0.2, 0.25) is 0 Å². The summed E-state index contributed by atoms with van der Waals surface area (Å²) in [5.41, 5.74) is 0.807. The number of aromatic nitrogens is 4.